The molecule has 0 aliphatic heterocycles. The number of anilines is 1. The monoisotopic (exact) mass is 245 g/mol. The average Bonchev–Trinajstić information content (AvgIpc) is 2.35. The molecule has 0 saturated carbocycles. The van der Waals surface area contributed by atoms with Crippen LogP contribution in [-0.4, -0.2) is 14.7 Å². The Kier molecular flexibility index (Phi) is 3.32. The second-order valence-electron chi connectivity index (χ2n) is 4.17. The Labute approximate surface area is 105 Å². The van der Waals surface area contributed by atoms with E-state index in [-0.39, 0.29) is 17.3 Å². The SMILES string of the molecule is Cn1c(N)nc(CCc2ccc(O)cc2)cc1=O. The minimum absolute atomic E-state index is 0.150. The summed E-state index contributed by atoms with van der Waals surface area (Å²) in [5.74, 6) is 0.470. The summed E-state index contributed by atoms with van der Waals surface area (Å²) >= 11 is 0. The Bertz CT molecular complexity index is 603. The number of aromatic hydroxyl groups is 1. The first kappa shape index (κ1) is 12.2. The minimum Gasteiger partial charge on any atom is -0.508 e. The molecule has 0 unspecified atom stereocenters. The average molecular weight is 245 g/mol. The largest absolute Gasteiger partial charge is 0.508 e. The van der Waals surface area contributed by atoms with E-state index in [4.69, 9.17) is 5.73 Å². The van der Waals surface area contributed by atoms with Crippen molar-refractivity contribution >= 4 is 5.95 Å². The molecule has 1 aromatic heterocycles. The summed E-state index contributed by atoms with van der Waals surface area (Å²) in [7, 11) is 1.59. The minimum atomic E-state index is -0.150. The molecule has 0 atom stereocenters. The molecular weight excluding hydrogens is 230 g/mol. The van der Waals surface area contributed by atoms with Crippen molar-refractivity contribution in [2.75, 3.05) is 5.73 Å². The molecule has 5 nitrogen and oxygen atoms in total. The van der Waals surface area contributed by atoms with Crippen LogP contribution in [0, 0.1) is 0 Å². The van der Waals surface area contributed by atoms with E-state index in [2.05, 4.69) is 4.98 Å². The van der Waals surface area contributed by atoms with Crippen LogP contribution in [-0.2, 0) is 19.9 Å². The number of aromatic nitrogens is 2. The summed E-state index contributed by atoms with van der Waals surface area (Å²) in [5.41, 5.74) is 7.24. The summed E-state index contributed by atoms with van der Waals surface area (Å²) in [4.78, 5) is 15.7. The molecule has 0 aliphatic carbocycles. The van der Waals surface area contributed by atoms with Gasteiger partial charge in [-0.1, -0.05) is 12.1 Å². The highest BCUT2D eigenvalue weighted by Crippen LogP contribution is 2.11. The molecule has 5 heteroatoms. The van der Waals surface area contributed by atoms with Crippen LogP contribution in [0.25, 0.3) is 0 Å². The zero-order valence-electron chi connectivity index (χ0n) is 10.1. The smallest absolute Gasteiger partial charge is 0.254 e. The molecule has 0 amide bonds. The summed E-state index contributed by atoms with van der Waals surface area (Å²) in [5, 5.41) is 9.17. The van der Waals surface area contributed by atoms with E-state index >= 15 is 0 Å². The van der Waals surface area contributed by atoms with Crippen molar-refractivity contribution in [2.24, 2.45) is 7.05 Å². The van der Waals surface area contributed by atoms with Crippen LogP contribution in [0.4, 0.5) is 5.95 Å². The number of phenols is 1. The third-order valence-corrected chi connectivity index (χ3v) is 2.83. The number of hydrogen-bond acceptors (Lipinski definition) is 4. The topological polar surface area (TPSA) is 81.1 Å². The van der Waals surface area contributed by atoms with E-state index < -0.39 is 0 Å². The molecule has 2 rings (SSSR count). The van der Waals surface area contributed by atoms with Crippen molar-refractivity contribution in [1.82, 2.24) is 9.55 Å². The van der Waals surface area contributed by atoms with Crippen LogP contribution >= 0.6 is 0 Å². The second kappa shape index (κ2) is 4.91. The zero-order valence-corrected chi connectivity index (χ0v) is 10.1. The molecule has 1 aromatic carbocycles. The van der Waals surface area contributed by atoms with Crippen LogP contribution in [0.1, 0.15) is 11.3 Å². The Morgan fingerprint density at radius 2 is 1.94 bits per heavy atom. The van der Waals surface area contributed by atoms with Crippen LogP contribution in [0.2, 0.25) is 0 Å². The van der Waals surface area contributed by atoms with Gasteiger partial charge in [-0.05, 0) is 30.5 Å². The lowest BCUT2D eigenvalue weighted by Crippen LogP contribution is -2.21. The highest BCUT2D eigenvalue weighted by Gasteiger charge is 2.03. The van der Waals surface area contributed by atoms with Crippen molar-refractivity contribution in [1.29, 1.82) is 0 Å². The Hall–Kier alpha value is -2.30. The van der Waals surface area contributed by atoms with Gasteiger partial charge >= 0.3 is 0 Å². The highest BCUT2D eigenvalue weighted by molar-refractivity contribution is 5.27. The molecule has 0 fully saturated rings. The molecule has 0 radical (unpaired) electrons. The van der Waals surface area contributed by atoms with Crippen molar-refractivity contribution < 1.29 is 5.11 Å². The number of nitrogens with zero attached hydrogens (tertiary/aromatic N) is 2. The number of hydrogen-bond donors (Lipinski definition) is 2. The third-order valence-electron chi connectivity index (χ3n) is 2.83. The number of benzene rings is 1. The fourth-order valence-electron chi connectivity index (χ4n) is 1.67. The molecule has 1 heterocycles. The van der Waals surface area contributed by atoms with Gasteiger partial charge in [-0.2, -0.15) is 0 Å². The lowest BCUT2D eigenvalue weighted by molar-refractivity contribution is 0.475. The van der Waals surface area contributed by atoms with Crippen molar-refractivity contribution in [3.8, 4) is 5.75 Å². The molecule has 3 N–H and O–H groups in total. The number of nitrogen functional groups attached to an aromatic ring is 1. The zero-order chi connectivity index (χ0) is 13.1. The van der Waals surface area contributed by atoms with E-state index in [0.29, 0.717) is 12.1 Å². The fourth-order valence-corrected chi connectivity index (χ4v) is 1.67. The standard InChI is InChI=1S/C13H15N3O2/c1-16-12(18)8-10(15-13(16)14)5-2-9-3-6-11(17)7-4-9/h3-4,6-8,17H,2,5H2,1H3,(H2,14,15). The molecule has 0 bridgehead atoms. The predicted octanol–water partition coefficient (Wildman–Crippen LogP) is 0.853. The van der Waals surface area contributed by atoms with Gasteiger partial charge in [0.1, 0.15) is 5.75 Å². The van der Waals surface area contributed by atoms with Gasteiger partial charge < -0.3 is 10.8 Å². The normalized spacial score (nSPS) is 10.5. The highest BCUT2D eigenvalue weighted by atomic mass is 16.3. The van der Waals surface area contributed by atoms with E-state index in [9.17, 15) is 9.90 Å². The first-order valence-corrected chi connectivity index (χ1v) is 5.66. The van der Waals surface area contributed by atoms with Gasteiger partial charge in [0.05, 0.1) is 5.69 Å². The molecule has 0 aliphatic rings. The number of phenolic OH excluding ortho intramolecular Hbond substituents is 1. The van der Waals surface area contributed by atoms with Crippen molar-refractivity contribution in [3.05, 3.63) is 51.9 Å². The van der Waals surface area contributed by atoms with Gasteiger partial charge in [-0.25, -0.2) is 4.98 Å². The maximum Gasteiger partial charge on any atom is 0.254 e. The quantitative estimate of drug-likeness (QED) is 0.840. The Balaban J connectivity index is 2.11. The maximum absolute atomic E-state index is 11.5. The van der Waals surface area contributed by atoms with Gasteiger partial charge in [-0.15, -0.1) is 0 Å². The summed E-state index contributed by atoms with van der Waals surface area (Å²) in [6.07, 6.45) is 1.39. The van der Waals surface area contributed by atoms with E-state index in [1.165, 1.54) is 10.6 Å². The molecule has 0 spiro atoms. The first-order valence-electron chi connectivity index (χ1n) is 5.66. The lowest BCUT2D eigenvalue weighted by Gasteiger charge is -2.05. The molecule has 94 valence electrons. The number of aryl methyl sites for hydroxylation is 2. The van der Waals surface area contributed by atoms with Crippen molar-refractivity contribution in [2.45, 2.75) is 12.8 Å². The van der Waals surface area contributed by atoms with Gasteiger partial charge in [0, 0.05) is 13.1 Å². The van der Waals surface area contributed by atoms with Crippen LogP contribution in [0.5, 0.6) is 5.75 Å². The fraction of sp³-hybridized carbons (Fsp3) is 0.231. The van der Waals surface area contributed by atoms with Crippen molar-refractivity contribution in [3.63, 3.8) is 0 Å². The van der Waals surface area contributed by atoms with Crippen LogP contribution in [0.15, 0.2) is 35.1 Å². The molecule has 0 saturated heterocycles. The van der Waals surface area contributed by atoms with E-state index in [0.717, 1.165) is 12.0 Å². The maximum atomic E-state index is 11.5. The summed E-state index contributed by atoms with van der Waals surface area (Å²) in [6.45, 7) is 0. The van der Waals surface area contributed by atoms with E-state index in [1.54, 1.807) is 19.2 Å². The predicted molar refractivity (Wildman–Crippen MR) is 69.4 cm³/mol. The first-order chi connectivity index (χ1) is 8.56. The number of nitrogens with two attached hydrogens (primary N) is 1. The van der Waals surface area contributed by atoms with Crippen LogP contribution < -0.4 is 11.3 Å². The number of rotatable bonds is 3. The third kappa shape index (κ3) is 2.68. The van der Waals surface area contributed by atoms with Gasteiger partial charge in [-0.3, -0.25) is 9.36 Å². The Morgan fingerprint density at radius 1 is 1.28 bits per heavy atom. The molecule has 18 heavy (non-hydrogen) atoms. The Morgan fingerprint density at radius 3 is 2.56 bits per heavy atom. The van der Waals surface area contributed by atoms with Gasteiger partial charge in [0.25, 0.3) is 5.56 Å². The summed E-state index contributed by atoms with van der Waals surface area (Å²) < 4.78 is 1.31. The van der Waals surface area contributed by atoms with Crippen LogP contribution in [0.3, 0.4) is 0 Å². The lowest BCUT2D eigenvalue weighted by atomic mass is 10.1. The van der Waals surface area contributed by atoms with Gasteiger partial charge in [0.15, 0.2) is 0 Å². The van der Waals surface area contributed by atoms with E-state index in [1.807, 2.05) is 12.1 Å². The molecular formula is C13H15N3O2. The molecule has 2 aromatic rings. The summed E-state index contributed by atoms with van der Waals surface area (Å²) in [6, 6.07) is 8.47. The second-order valence-corrected chi connectivity index (χ2v) is 4.17. The van der Waals surface area contributed by atoms with Gasteiger partial charge in [0.2, 0.25) is 5.95 Å².